The van der Waals surface area contributed by atoms with Gasteiger partial charge in [-0.25, -0.2) is 0 Å². The van der Waals surface area contributed by atoms with E-state index in [1.54, 1.807) is 36.0 Å². The van der Waals surface area contributed by atoms with Gasteiger partial charge in [0.2, 0.25) is 0 Å². The van der Waals surface area contributed by atoms with Gasteiger partial charge in [-0.15, -0.1) is 0 Å². The van der Waals surface area contributed by atoms with E-state index in [4.69, 9.17) is 5.11 Å². The number of aryl methyl sites for hydroxylation is 2. The average Bonchev–Trinajstić information content (AvgIpc) is 2.88. The van der Waals surface area contributed by atoms with Crippen LogP contribution in [0.2, 0.25) is 0 Å². The fourth-order valence-corrected chi connectivity index (χ4v) is 2.30. The fraction of sp³-hybridized carbons (Fsp3) is 0.389. The van der Waals surface area contributed by atoms with Crippen molar-refractivity contribution in [2.45, 2.75) is 39.0 Å². The summed E-state index contributed by atoms with van der Waals surface area (Å²) in [4.78, 5) is 23.1. The van der Waals surface area contributed by atoms with Crippen LogP contribution in [0.4, 0.5) is 5.69 Å². The molecule has 1 aromatic heterocycles. The van der Waals surface area contributed by atoms with Gasteiger partial charge in [0.1, 0.15) is 5.69 Å². The van der Waals surface area contributed by atoms with Gasteiger partial charge in [0.05, 0.1) is 5.69 Å². The number of nitrogens with one attached hydrogen (secondary N) is 1. The third kappa shape index (κ3) is 4.44. The lowest BCUT2D eigenvalue weighted by Gasteiger charge is -2.13. The van der Waals surface area contributed by atoms with Gasteiger partial charge in [0.15, 0.2) is 0 Å². The van der Waals surface area contributed by atoms with Crippen molar-refractivity contribution >= 4 is 17.6 Å². The summed E-state index contributed by atoms with van der Waals surface area (Å²) in [5, 5.41) is 16.0. The lowest BCUT2D eigenvalue weighted by Crippen LogP contribution is -2.16. The van der Waals surface area contributed by atoms with E-state index in [2.05, 4.69) is 10.4 Å². The van der Waals surface area contributed by atoms with Crippen LogP contribution in [0.3, 0.4) is 0 Å². The number of benzene rings is 1. The number of nitrogens with zero attached hydrogens (tertiary/aromatic N) is 2. The summed E-state index contributed by atoms with van der Waals surface area (Å²) in [5.74, 6) is -1.08. The normalized spacial score (nSPS) is 11.3. The zero-order valence-electron chi connectivity index (χ0n) is 14.5. The SMILES string of the molecule is Cn1nc(C(C)(C)C)cc1C(=O)Nc1cccc(CCC(=O)O)c1. The molecule has 0 saturated heterocycles. The molecule has 0 aliphatic heterocycles. The molecule has 6 heteroatoms. The Bertz CT molecular complexity index is 757. The molecule has 6 nitrogen and oxygen atoms in total. The Kier molecular flexibility index (Phi) is 5.07. The van der Waals surface area contributed by atoms with E-state index >= 15 is 0 Å². The van der Waals surface area contributed by atoms with Crippen molar-refractivity contribution in [3.8, 4) is 0 Å². The quantitative estimate of drug-likeness (QED) is 0.883. The topological polar surface area (TPSA) is 84.2 Å². The van der Waals surface area contributed by atoms with E-state index < -0.39 is 5.97 Å². The molecule has 0 spiro atoms. The minimum absolute atomic E-state index is 0.0636. The van der Waals surface area contributed by atoms with Crippen molar-refractivity contribution in [3.63, 3.8) is 0 Å². The fourth-order valence-electron chi connectivity index (χ4n) is 2.30. The zero-order valence-corrected chi connectivity index (χ0v) is 14.5. The van der Waals surface area contributed by atoms with Crippen LogP contribution < -0.4 is 5.32 Å². The number of aromatic nitrogens is 2. The van der Waals surface area contributed by atoms with E-state index in [-0.39, 0.29) is 17.7 Å². The van der Waals surface area contributed by atoms with Crippen molar-refractivity contribution in [3.05, 3.63) is 47.3 Å². The van der Waals surface area contributed by atoms with Crippen molar-refractivity contribution in [2.75, 3.05) is 5.32 Å². The van der Waals surface area contributed by atoms with Gasteiger partial charge in [-0.2, -0.15) is 5.10 Å². The number of carboxylic acid groups (broad SMARTS) is 1. The number of anilines is 1. The second-order valence-corrected chi connectivity index (χ2v) is 6.84. The summed E-state index contributed by atoms with van der Waals surface area (Å²) in [6, 6.07) is 9.02. The van der Waals surface area contributed by atoms with E-state index in [9.17, 15) is 9.59 Å². The Balaban J connectivity index is 2.14. The average molecular weight is 329 g/mol. The molecule has 0 aliphatic rings. The molecule has 2 rings (SSSR count). The van der Waals surface area contributed by atoms with Gasteiger partial charge in [0.25, 0.3) is 5.91 Å². The number of hydrogen-bond donors (Lipinski definition) is 2. The maximum Gasteiger partial charge on any atom is 0.303 e. The molecule has 24 heavy (non-hydrogen) atoms. The predicted octanol–water partition coefficient (Wildman–Crippen LogP) is 2.99. The standard InChI is InChI=1S/C18H23N3O3/c1-18(2,3)15-11-14(21(4)20-15)17(24)19-13-7-5-6-12(10-13)8-9-16(22)23/h5-7,10-11H,8-9H2,1-4H3,(H,19,24)(H,22,23). The Morgan fingerprint density at radius 1 is 1.25 bits per heavy atom. The Morgan fingerprint density at radius 3 is 2.54 bits per heavy atom. The van der Waals surface area contributed by atoms with E-state index in [0.717, 1.165) is 11.3 Å². The number of carbonyl (C=O) groups excluding carboxylic acids is 1. The summed E-state index contributed by atoms with van der Waals surface area (Å²) in [6.07, 6.45) is 0.493. The highest BCUT2D eigenvalue weighted by Gasteiger charge is 2.21. The largest absolute Gasteiger partial charge is 0.481 e. The molecule has 2 aromatic rings. The van der Waals surface area contributed by atoms with Crippen molar-refractivity contribution < 1.29 is 14.7 Å². The first kappa shape index (κ1) is 17.7. The molecule has 0 fully saturated rings. The Hall–Kier alpha value is -2.63. The monoisotopic (exact) mass is 329 g/mol. The number of carboxylic acids is 1. The van der Waals surface area contributed by atoms with E-state index in [1.165, 1.54) is 0 Å². The summed E-state index contributed by atoms with van der Waals surface area (Å²) in [6.45, 7) is 6.13. The highest BCUT2D eigenvalue weighted by molar-refractivity contribution is 6.03. The molecule has 0 radical (unpaired) electrons. The number of rotatable bonds is 5. The second kappa shape index (κ2) is 6.86. The lowest BCUT2D eigenvalue weighted by atomic mass is 9.92. The Morgan fingerprint density at radius 2 is 1.96 bits per heavy atom. The zero-order chi connectivity index (χ0) is 17.9. The first-order valence-corrected chi connectivity index (χ1v) is 7.83. The molecule has 2 N–H and O–H groups in total. The van der Waals surface area contributed by atoms with Crippen molar-refractivity contribution in [2.24, 2.45) is 7.05 Å². The number of amides is 1. The van der Waals surface area contributed by atoms with Gasteiger partial charge < -0.3 is 10.4 Å². The molecule has 0 aliphatic carbocycles. The second-order valence-electron chi connectivity index (χ2n) is 6.84. The first-order valence-electron chi connectivity index (χ1n) is 7.83. The van der Waals surface area contributed by atoms with Crippen molar-refractivity contribution in [1.82, 2.24) is 9.78 Å². The van der Waals surface area contributed by atoms with Crippen LogP contribution in [0.15, 0.2) is 30.3 Å². The van der Waals surface area contributed by atoms with Crippen LogP contribution >= 0.6 is 0 Å². The summed E-state index contributed by atoms with van der Waals surface area (Å²) >= 11 is 0. The number of aliphatic carboxylic acids is 1. The first-order chi connectivity index (χ1) is 11.2. The molecule has 1 heterocycles. The third-order valence-corrected chi connectivity index (χ3v) is 3.69. The van der Waals surface area contributed by atoms with Gasteiger partial charge in [0, 0.05) is 24.6 Å². The molecule has 1 aromatic carbocycles. The van der Waals surface area contributed by atoms with Gasteiger partial charge in [-0.05, 0) is 30.2 Å². The molecule has 0 atom stereocenters. The summed E-state index contributed by atoms with van der Waals surface area (Å²) in [7, 11) is 1.74. The molecular formula is C18H23N3O3. The maximum absolute atomic E-state index is 12.5. The van der Waals surface area contributed by atoms with Crippen LogP contribution in [0, 0.1) is 0 Å². The smallest absolute Gasteiger partial charge is 0.303 e. The third-order valence-electron chi connectivity index (χ3n) is 3.69. The molecule has 1 amide bonds. The minimum Gasteiger partial charge on any atom is -0.481 e. The predicted molar refractivity (Wildman–Crippen MR) is 92.3 cm³/mol. The summed E-state index contributed by atoms with van der Waals surface area (Å²) in [5.41, 5.74) is 2.71. The molecule has 0 unspecified atom stereocenters. The van der Waals surface area contributed by atoms with Crippen LogP contribution in [-0.4, -0.2) is 26.8 Å². The molecular weight excluding hydrogens is 306 g/mol. The van der Waals surface area contributed by atoms with Gasteiger partial charge in [-0.3, -0.25) is 14.3 Å². The molecule has 128 valence electrons. The molecule has 0 saturated carbocycles. The summed E-state index contributed by atoms with van der Waals surface area (Å²) < 4.78 is 1.57. The van der Waals surface area contributed by atoms with Gasteiger partial charge >= 0.3 is 5.97 Å². The highest BCUT2D eigenvalue weighted by Crippen LogP contribution is 2.22. The van der Waals surface area contributed by atoms with E-state index in [0.29, 0.717) is 17.8 Å². The van der Waals surface area contributed by atoms with E-state index in [1.807, 2.05) is 26.8 Å². The van der Waals surface area contributed by atoms with Crippen LogP contribution in [0.1, 0.15) is 48.9 Å². The number of hydrogen-bond acceptors (Lipinski definition) is 3. The van der Waals surface area contributed by atoms with Crippen LogP contribution in [0.25, 0.3) is 0 Å². The number of carbonyl (C=O) groups is 2. The maximum atomic E-state index is 12.5. The van der Waals surface area contributed by atoms with Crippen LogP contribution in [-0.2, 0) is 23.7 Å². The van der Waals surface area contributed by atoms with Crippen LogP contribution in [0.5, 0.6) is 0 Å². The Labute approximate surface area is 141 Å². The lowest BCUT2D eigenvalue weighted by molar-refractivity contribution is -0.136. The van der Waals surface area contributed by atoms with Gasteiger partial charge in [-0.1, -0.05) is 32.9 Å². The highest BCUT2D eigenvalue weighted by atomic mass is 16.4. The van der Waals surface area contributed by atoms with Crippen molar-refractivity contribution in [1.29, 1.82) is 0 Å². The minimum atomic E-state index is -0.839. The molecule has 0 bridgehead atoms.